The third kappa shape index (κ3) is 2.55. The van der Waals surface area contributed by atoms with E-state index in [4.69, 9.17) is 4.74 Å². The van der Waals surface area contributed by atoms with Crippen LogP contribution in [0.15, 0.2) is 48.5 Å². The Hall–Kier alpha value is -1.48. The van der Waals surface area contributed by atoms with Crippen molar-refractivity contribution < 1.29 is 9.84 Å². The van der Waals surface area contributed by atoms with E-state index in [1.54, 1.807) is 12.1 Å². The average Bonchev–Trinajstić information content (AvgIpc) is 2.33. The minimum absolute atomic E-state index is 0.154. The van der Waals surface area contributed by atoms with Gasteiger partial charge in [-0.05, 0) is 29.8 Å². The molecule has 2 aromatic carbocycles. The van der Waals surface area contributed by atoms with Crippen molar-refractivity contribution in [3.05, 3.63) is 54.1 Å². The summed E-state index contributed by atoms with van der Waals surface area (Å²) in [7, 11) is 0. The highest BCUT2D eigenvalue weighted by atomic mass is 79.9. The summed E-state index contributed by atoms with van der Waals surface area (Å²) in [4.78, 5) is 0. The fraction of sp³-hybridized carbons (Fsp3) is 0.0769. The zero-order chi connectivity index (χ0) is 11.4. The first-order chi connectivity index (χ1) is 7.79. The Bertz CT molecular complexity index is 469. The van der Waals surface area contributed by atoms with Crippen molar-refractivity contribution in [2.24, 2.45) is 0 Å². The van der Waals surface area contributed by atoms with Gasteiger partial charge >= 0.3 is 0 Å². The number of benzene rings is 2. The number of halogens is 1. The number of para-hydroxylation sites is 1. The quantitative estimate of drug-likeness (QED) is 0.858. The van der Waals surface area contributed by atoms with Gasteiger partial charge in [0.05, 0.1) is 0 Å². The summed E-state index contributed by atoms with van der Waals surface area (Å²) in [5.41, 5.74) is 1.01. The molecule has 0 unspecified atom stereocenters. The third-order valence-electron chi connectivity index (χ3n) is 2.15. The summed E-state index contributed by atoms with van der Waals surface area (Å²) in [5, 5.41) is 10.5. The molecule has 0 aliphatic rings. The lowest BCUT2D eigenvalue weighted by molar-refractivity contribution is 0.411. The van der Waals surface area contributed by atoms with Crippen molar-refractivity contribution in [3.63, 3.8) is 0 Å². The Morgan fingerprint density at radius 2 is 1.81 bits per heavy atom. The maximum atomic E-state index is 9.74. The zero-order valence-electron chi connectivity index (χ0n) is 8.56. The monoisotopic (exact) mass is 278 g/mol. The molecule has 0 spiro atoms. The SMILES string of the molecule is Oc1cc(CBr)ccc1Oc1ccccc1. The second kappa shape index (κ2) is 5.03. The summed E-state index contributed by atoms with van der Waals surface area (Å²) in [6.07, 6.45) is 0. The molecule has 82 valence electrons. The number of hydrogen-bond acceptors (Lipinski definition) is 2. The maximum absolute atomic E-state index is 9.74. The van der Waals surface area contributed by atoms with Gasteiger partial charge in [0, 0.05) is 5.33 Å². The minimum atomic E-state index is 0.154. The predicted molar refractivity (Wildman–Crippen MR) is 67.3 cm³/mol. The Morgan fingerprint density at radius 1 is 1.06 bits per heavy atom. The van der Waals surface area contributed by atoms with E-state index < -0.39 is 0 Å². The van der Waals surface area contributed by atoms with Crippen molar-refractivity contribution >= 4 is 15.9 Å². The summed E-state index contributed by atoms with van der Waals surface area (Å²) >= 11 is 3.33. The molecule has 3 heteroatoms. The van der Waals surface area contributed by atoms with Crippen LogP contribution in [0.1, 0.15) is 5.56 Å². The van der Waals surface area contributed by atoms with Gasteiger partial charge < -0.3 is 9.84 Å². The van der Waals surface area contributed by atoms with E-state index in [9.17, 15) is 5.11 Å². The van der Waals surface area contributed by atoms with Gasteiger partial charge in [-0.3, -0.25) is 0 Å². The van der Waals surface area contributed by atoms with Crippen LogP contribution in [-0.2, 0) is 5.33 Å². The molecule has 0 aliphatic carbocycles. The zero-order valence-corrected chi connectivity index (χ0v) is 10.1. The second-order valence-corrected chi connectivity index (χ2v) is 3.91. The molecular weight excluding hydrogens is 268 g/mol. The van der Waals surface area contributed by atoms with Gasteiger partial charge in [-0.15, -0.1) is 0 Å². The van der Waals surface area contributed by atoms with Gasteiger partial charge in [-0.25, -0.2) is 0 Å². The number of alkyl halides is 1. The number of hydrogen-bond donors (Lipinski definition) is 1. The van der Waals surface area contributed by atoms with Crippen LogP contribution in [0.5, 0.6) is 17.2 Å². The van der Waals surface area contributed by atoms with Crippen LogP contribution < -0.4 is 4.74 Å². The van der Waals surface area contributed by atoms with Crippen molar-refractivity contribution in [3.8, 4) is 17.2 Å². The fourth-order valence-corrected chi connectivity index (χ4v) is 1.70. The summed E-state index contributed by atoms with van der Waals surface area (Å²) in [6.45, 7) is 0. The highest BCUT2D eigenvalue weighted by Crippen LogP contribution is 2.31. The molecule has 0 radical (unpaired) electrons. The molecule has 2 nitrogen and oxygen atoms in total. The molecule has 2 rings (SSSR count). The summed E-state index contributed by atoms with van der Waals surface area (Å²) in [5.74, 6) is 1.33. The normalized spacial score (nSPS) is 10.1. The van der Waals surface area contributed by atoms with Crippen LogP contribution in [0.25, 0.3) is 0 Å². The smallest absolute Gasteiger partial charge is 0.169 e. The number of aromatic hydroxyl groups is 1. The van der Waals surface area contributed by atoms with E-state index in [0.717, 1.165) is 5.56 Å². The molecule has 0 bridgehead atoms. The summed E-state index contributed by atoms with van der Waals surface area (Å²) in [6, 6.07) is 14.7. The first-order valence-electron chi connectivity index (χ1n) is 4.90. The fourth-order valence-electron chi connectivity index (χ4n) is 1.35. The first-order valence-corrected chi connectivity index (χ1v) is 6.02. The lowest BCUT2D eigenvalue weighted by Gasteiger charge is -2.08. The molecule has 0 amide bonds. The van der Waals surface area contributed by atoms with Crippen molar-refractivity contribution in [1.29, 1.82) is 0 Å². The van der Waals surface area contributed by atoms with Crippen LogP contribution in [0, 0.1) is 0 Å². The van der Waals surface area contributed by atoms with E-state index in [2.05, 4.69) is 15.9 Å². The number of rotatable bonds is 3. The van der Waals surface area contributed by atoms with Gasteiger partial charge in [-0.1, -0.05) is 40.2 Å². The number of phenols is 1. The highest BCUT2D eigenvalue weighted by Gasteiger charge is 2.04. The van der Waals surface area contributed by atoms with E-state index in [-0.39, 0.29) is 5.75 Å². The van der Waals surface area contributed by atoms with Crippen LogP contribution in [0.2, 0.25) is 0 Å². The van der Waals surface area contributed by atoms with Crippen molar-refractivity contribution in [2.75, 3.05) is 0 Å². The first kappa shape index (κ1) is 11.0. The van der Waals surface area contributed by atoms with Gasteiger partial charge in [-0.2, -0.15) is 0 Å². The predicted octanol–water partition coefficient (Wildman–Crippen LogP) is 4.08. The van der Waals surface area contributed by atoms with Gasteiger partial charge in [0.2, 0.25) is 0 Å². The molecule has 2 aromatic rings. The Kier molecular flexibility index (Phi) is 3.47. The maximum Gasteiger partial charge on any atom is 0.169 e. The van der Waals surface area contributed by atoms with E-state index in [1.807, 2.05) is 36.4 Å². The number of ether oxygens (including phenoxy) is 1. The van der Waals surface area contributed by atoms with Gasteiger partial charge in [0.15, 0.2) is 11.5 Å². The molecule has 0 saturated carbocycles. The molecule has 0 heterocycles. The van der Waals surface area contributed by atoms with Gasteiger partial charge in [0.1, 0.15) is 5.75 Å². The Balaban J connectivity index is 2.22. The van der Waals surface area contributed by atoms with Crippen LogP contribution in [0.3, 0.4) is 0 Å². The van der Waals surface area contributed by atoms with Crippen molar-refractivity contribution in [1.82, 2.24) is 0 Å². The van der Waals surface area contributed by atoms with Crippen LogP contribution in [0.4, 0.5) is 0 Å². The van der Waals surface area contributed by atoms with Crippen LogP contribution in [-0.4, -0.2) is 5.11 Å². The molecular formula is C13H11BrO2. The second-order valence-electron chi connectivity index (χ2n) is 3.35. The highest BCUT2D eigenvalue weighted by molar-refractivity contribution is 9.08. The Labute approximate surface area is 103 Å². The van der Waals surface area contributed by atoms with E-state index in [0.29, 0.717) is 16.8 Å². The lowest BCUT2D eigenvalue weighted by Crippen LogP contribution is -1.85. The molecule has 16 heavy (non-hydrogen) atoms. The average molecular weight is 279 g/mol. The number of phenolic OH excluding ortho intramolecular Hbond substituents is 1. The minimum Gasteiger partial charge on any atom is -0.504 e. The largest absolute Gasteiger partial charge is 0.504 e. The molecule has 0 aromatic heterocycles. The molecule has 0 aliphatic heterocycles. The Morgan fingerprint density at radius 3 is 2.44 bits per heavy atom. The van der Waals surface area contributed by atoms with E-state index in [1.165, 1.54) is 0 Å². The summed E-state index contributed by atoms with van der Waals surface area (Å²) < 4.78 is 5.54. The van der Waals surface area contributed by atoms with Crippen LogP contribution >= 0.6 is 15.9 Å². The van der Waals surface area contributed by atoms with Crippen molar-refractivity contribution in [2.45, 2.75) is 5.33 Å². The lowest BCUT2D eigenvalue weighted by atomic mass is 10.2. The van der Waals surface area contributed by atoms with Gasteiger partial charge in [0.25, 0.3) is 0 Å². The molecule has 0 fully saturated rings. The standard InChI is InChI=1S/C13H11BrO2/c14-9-10-6-7-13(12(15)8-10)16-11-4-2-1-3-5-11/h1-8,15H,9H2. The topological polar surface area (TPSA) is 29.5 Å². The molecule has 0 atom stereocenters. The third-order valence-corrected chi connectivity index (χ3v) is 2.80. The molecule has 0 saturated heterocycles. The van der Waals surface area contributed by atoms with E-state index >= 15 is 0 Å². The molecule has 1 N–H and O–H groups in total.